The molecule has 0 aliphatic heterocycles. The summed E-state index contributed by atoms with van der Waals surface area (Å²) in [6.45, 7) is 5.36. The number of aromatic nitrogens is 3. The van der Waals surface area contributed by atoms with Crippen LogP contribution in [-0.4, -0.2) is 25.9 Å². The van der Waals surface area contributed by atoms with Gasteiger partial charge in [0, 0.05) is 18.1 Å². The molecule has 0 unspecified atom stereocenters. The second-order valence-corrected chi connectivity index (χ2v) is 8.09. The number of hydrogen-bond acceptors (Lipinski definition) is 5. The average molecular weight is 431 g/mol. The fraction of sp³-hybridized carbons (Fsp3) is 0.286. The summed E-state index contributed by atoms with van der Waals surface area (Å²) in [6, 6.07) is 17.0. The summed E-state index contributed by atoms with van der Waals surface area (Å²) in [6.07, 6.45) is 0. The SMILES string of the molecule is CCn1c(COc2ccc(Cl)cc2)nnc1S[C@H](C)C(=O)NCc1ccccc1. The van der Waals surface area contributed by atoms with Crippen LogP contribution in [-0.2, 0) is 24.5 Å². The van der Waals surface area contributed by atoms with Gasteiger partial charge in [0.2, 0.25) is 5.91 Å². The van der Waals surface area contributed by atoms with Crippen molar-refractivity contribution in [3.05, 3.63) is 71.0 Å². The Morgan fingerprint density at radius 1 is 1.17 bits per heavy atom. The summed E-state index contributed by atoms with van der Waals surface area (Å²) < 4.78 is 7.73. The molecule has 0 saturated heterocycles. The van der Waals surface area contributed by atoms with Crippen molar-refractivity contribution in [2.75, 3.05) is 0 Å². The molecule has 1 N–H and O–H groups in total. The van der Waals surface area contributed by atoms with Gasteiger partial charge in [-0.05, 0) is 43.7 Å². The average Bonchev–Trinajstić information content (AvgIpc) is 3.13. The number of hydrogen-bond donors (Lipinski definition) is 1. The maximum Gasteiger partial charge on any atom is 0.233 e. The van der Waals surface area contributed by atoms with Crippen molar-refractivity contribution in [2.24, 2.45) is 0 Å². The Kier molecular flexibility index (Phi) is 7.55. The highest BCUT2D eigenvalue weighted by Crippen LogP contribution is 2.23. The molecule has 3 aromatic rings. The van der Waals surface area contributed by atoms with Crippen LogP contribution in [0, 0.1) is 0 Å². The van der Waals surface area contributed by atoms with Gasteiger partial charge in [0.25, 0.3) is 0 Å². The van der Waals surface area contributed by atoms with Crippen LogP contribution in [0.4, 0.5) is 0 Å². The number of carbonyl (C=O) groups is 1. The van der Waals surface area contributed by atoms with E-state index >= 15 is 0 Å². The van der Waals surface area contributed by atoms with Crippen LogP contribution in [0.15, 0.2) is 59.8 Å². The van der Waals surface area contributed by atoms with Gasteiger partial charge in [-0.1, -0.05) is 53.7 Å². The molecule has 1 amide bonds. The summed E-state index contributed by atoms with van der Waals surface area (Å²) in [5.74, 6) is 1.38. The van der Waals surface area contributed by atoms with Crippen LogP contribution in [0.1, 0.15) is 25.2 Å². The molecule has 0 saturated carbocycles. The lowest BCUT2D eigenvalue weighted by molar-refractivity contribution is -0.120. The van der Waals surface area contributed by atoms with Crippen LogP contribution in [0.2, 0.25) is 5.02 Å². The Bertz CT molecular complexity index is 932. The Morgan fingerprint density at radius 3 is 2.59 bits per heavy atom. The van der Waals surface area contributed by atoms with Crippen molar-refractivity contribution < 1.29 is 9.53 Å². The third-order valence-corrected chi connectivity index (χ3v) is 5.58. The molecule has 0 aliphatic carbocycles. The molecule has 0 bridgehead atoms. The minimum atomic E-state index is -0.293. The minimum absolute atomic E-state index is 0.0385. The fourth-order valence-corrected chi connectivity index (χ4v) is 3.73. The van der Waals surface area contributed by atoms with E-state index in [4.69, 9.17) is 16.3 Å². The number of amides is 1. The number of ether oxygens (including phenoxy) is 1. The molecule has 0 fully saturated rings. The normalized spacial score (nSPS) is 11.8. The van der Waals surface area contributed by atoms with E-state index < -0.39 is 0 Å². The molecule has 1 atom stereocenters. The summed E-state index contributed by atoms with van der Waals surface area (Å²) in [7, 11) is 0. The fourth-order valence-electron chi connectivity index (χ4n) is 2.65. The highest BCUT2D eigenvalue weighted by molar-refractivity contribution is 8.00. The summed E-state index contributed by atoms with van der Waals surface area (Å²) in [5.41, 5.74) is 1.07. The van der Waals surface area contributed by atoms with Crippen molar-refractivity contribution in [1.29, 1.82) is 0 Å². The van der Waals surface area contributed by atoms with Gasteiger partial charge >= 0.3 is 0 Å². The van der Waals surface area contributed by atoms with Crippen LogP contribution < -0.4 is 10.1 Å². The third kappa shape index (κ3) is 5.98. The standard InChI is InChI=1S/C21H23ClN4O2S/c1-3-26-19(14-28-18-11-9-17(22)10-12-18)24-25-21(26)29-15(2)20(27)23-13-16-7-5-4-6-8-16/h4-12,15H,3,13-14H2,1-2H3,(H,23,27)/t15-/m1/s1. The van der Waals surface area contributed by atoms with Crippen LogP contribution in [0.25, 0.3) is 0 Å². The lowest BCUT2D eigenvalue weighted by atomic mass is 10.2. The molecule has 0 radical (unpaired) electrons. The molecule has 1 aromatic heterocycles. The van der Waals surface area contributed by atoms with E-state index in [0.717, 1.165) is 5.56 Å². The Hall–Kier alpha value is -2.51. The largest absolute Gasteiger partial charge is 0.486 e. The molecule has 6 nitrogen and oxygen atoms in total. The van der Waals surface area contributed by atoms with Crippen molar-refractivity contribution in [3.63, 3.8) is 0 Å². The molecule has 152 valence electrons. The molecule has 29 heavy (non-hydrogen) atoms. The van der Waals surface area contributed by atoms with Gasteiger partial charge in [-0.15, -0.1) is 10.2 Å². The summed E-state index contributed by atoms with van der Waals surface area (Å²) >= 11 is 7.28. The van der Waals surface area contributed by atoms with E-state index in [2.05, 4.69) is 15.5 Å². The number of rotatable bonds is 9. The number of thioether (sulfide) groups is 1. The van der Waals surface area contributed by atoms with Gasteiger partial charge in [0.15, 0.2) is 11.0 Å². The predicted octanol–water partition coefficient (Wildman–Crippen LogP) is 4.33. The second kappa shape index (κ2) is 10.3. The zero-order valence-electron chi connectivity index (χ0n) is 16.3. The van der Waals surface area contributed by atoms with E-state index in [1.165, 1.54) is 11.8 Å². The molecule has 3 rings (SSSR count). The zero-order valence-corrected chi connectivity index (χ0v) is 17.9. The van der Waals surface area contributed by atoms with Crippen LogP contribution in [0.5, 0.6) is 5.75 Å². The first-order valence-corrected chi connectivity index (χ1v) is 10.6. The van der Waals surface area contributed by atoms with Crippen molar-refractivity contribution in [2.45, 2.75) is 44.0 Å². The summed E-state index contributed by atoms with van der Waals surface area (Å²) in [4.78, 5) is 12.4. The second-order valence-electron chi connectivity index (χ2n) is 6.35. The molecule has 2 aromatic carbocycles. The van der Waals surface area contributed by atoms with E-state index in [9.17, 15) is 4.79 Å². The Labute approximate surface area is 179 Å². The monoisotopic (exact) mass is 430 g/mol. The lowest BCUT2D eigenvalue weighted by Crippen LogP contribution is -2.30. The van der Waals surface area contributed by atoms with E-state index in [1.54, 1.807) is 12.1 Å². The van der Waals surface area contributed by atoms with Crippen molar-refractivity contribution in [1.82, 2.24) is 20.1 Å². The highest BCUT2D eigenvalue weighted by Gasteiger charge is 2.19. The third-order valence-electron chi connectivity index (χ3n) is 4.25. The molecular weight excluding hydrogens is 408 g/mol. The van der Waals surface area contributed by atoms with Crippen LogP contribution in [0.3, 0.4) is 0 Å². The highest BCUT2D eigenvalue weighted by atomic mass is 35.5. The van der Waals surface area contributed by atoms with Crippen LogP contribution >= 0.6 is 23.4 Å². The lowest BCUT2D eigenvalue weighted by Gasteiger charge is -2.13. The van der Waals surface area contributed by atoms with Gasteiger partial charge in [-0.25, -0.2) is 0 Å². The molecular formula is C21H23ClN4O2S. The van der Waals surface area contributed by atoms with Crippen molar-refractivity contribution >= 4 is 29.3 Å². The van der Waals surface area contributed by atoms with Gasteiger partial charge in [0.05, 0.1) is 5.25 Å². The number of benzene rings is 2. The summed E-state index contributed by atoms with van der Waals surface area (Å²) in [5, 5.41) is 12.5. The van der Waals surface area contributed by atoms with Gasteiger partial charge in [0.1, 0.15) is 12.4 Å². The zero-order chi connectivity index (χ0) is 20.6. The first kappa shape index (κ1) is 21.2. The predicted molar refractivity (Wildman–Crippen MR) is 115 cm³/mol. The molecule has 8 heteroatoms. The first-order valence-electron chi connectivity index (χ1n) is 9.35. The number of nitrogens with zero attached hydrogens (tertiary/aromatic N) is 3. The Morgan fingerprint density at radius 2 is 1.90 bits per heavy atom. The first-order chi connectivity index (χ1) is 14.1. The topological polar surface area (TPSA) is 69.0 Å². The molecule has 1 heterocycles. The molecule has 0 aliphatic rings. The number of carbonyl (C=O) groups excluding carboxylic acids is 1. The maximum atomic E-state index is 12.4. The van der Waals surface area contributed by atoms with E-state index in [0.29, 0.717) is 34.8 Å². The smallest absolute Gasteiger partial charge is 0.233 e. The van der Waals surface area contributed by atoms with Gasteiger partial charge < -0.3 is 14.6 Å². The Balaban J connectivity index is 1.57. The quantitative estimate of drug-likeness (QED) is 0.512. The van der Waals surface area contributed by atoms with Gasteiger partial charge in [-0.2, -0.15) is 0 Å². The minimum Gasteiger partial charge on any atom is -0.486 e. The van der Waals surface area contributed by atoms with E-state index in [-0.39, 0.29) is 17.8 Å². The number of nitrogens with one attached hydrogen (secondary N) is 1. The number of halogens is 1. The van der Waals surface area contributed by atoms with E-state index in [1.807, 2.05) is 60.9 Å². The maximum absolute atomic E-state index is 12.4. The molecule has 0 spiro atoms. The van der Waals surface area contributed by atoms with Gasteiger partial charge in [-0.3, -0.25) is 4.79 Å². The van der Waals surface area contributed by atoms with Crippen molar-refractivity contribution in [3.8, 4) is 5.75 Å².